The Kier molecular flexibility index (Phi) is 2.75. The van der Waals surface area contributed by atoms with E-state index < -0.39 is 0 Å². The fourth-order valence-corrected chi connectivity index (χ4v) is 2.23. The Morgan fingerprint density at radius 2 is 2.08 bits per heavy atom. The summed E-state index contributed by atoms with van der Waals surface area (Å²) in [6.45, 7) is 3.59. The van der Waals surface area contributed by atoms with Crippen molar-refractivity contribution < 1.29 is 0 Å². The Hall–Kier alpha value is -0.680. The highest BCUT2D eigenvalue weighted by Crippen LogP contribution is 2.13. The average Bonchev–Trinajstić information content (AvgIpc) is 2.71. The molecule has 0 spiro atoms. The first kappa shape index (κ1) is 8.90. The molecule has 0 bridgehead atoms. The van der Waals surface area contributed by atoms with Crippen molar-refractivity contribution in [2.24, 2.45) is 0 Å². The number of nitrogens with two attached hydrogens (primary N) is 1. The highest BCUT2D eigenvalue weighted by Gasteiger charge is 2.11. The van der Waals surface area contributed by atoms with Crippen LogP contribution in [0.4, 0.5) is 5.13 Å². The molecule has 1 aromatic heterocycles. The first-order valence-electron chi connectivity index (χ1n) is 4.65. The molecule has 1 saturated heterocycles. The maximum atomic E-state index is 5.49. The summed E-state index contributed by atoms with van der Waals surface area (Å²) in [6, 6.07) is 0. The van der Waals surface area contributed by atoms with Gasteiger partial charge in [0.1, 0.15) is 5.01 Å². The second kappa shape index (κ2) is 4.02. The molecule has 2 heterocycles. The van der Waals surface area contributed by atoms with E-state index in [9.17, 15) is 0 Å². The van der Waals surface area contributed by atoms with E-state index >= 15 is 0 Å². The van der Waals surface area contributed by atoms with Gasteiger partial charge in [0.05, 0.1) is 0 Å². The van der Waals surface area contributed by atoms with Gasteiger partial charge in [-0.2, -0.15) is 0 Å². The maximum Gasteiger partial charge on any atom is 0.203 e. The molecule has 1 fully saturated rings. The molecule has 0 atom stereocenters. The zero-order valence-electron chi connectivity index (χ0n) is 7.57. The molecule has 2 rings (SSSR count). The predicted molar refractivity (Wildman–Crippen MR) is 53.7 cm³/mol. The topological polar surface area (TPSA) is 55.0 Å². The Morgan fingerprint density at radius 3 is 2.69 bits per heavy atom. The largest absolute Gasteiger partial charge is 0.374 e. The van der Waals surface area contributed by atoms with Crippen LogP contribution in [0.3, 0.4) is 0 Å². The molecule has 1 aliphatic heterocycles. The summed E-state index contributed by atoms with van der Waals surface area (Å²) in [5.41, 5.74) is 5.49. The Balaban J connectivity index is 1.78. The summed E-state index contributed by atoms with van der Waals surface area (Å²) >= 11 is 1.50. The maximum absolute atomic E-state index is 5.49. The molecule has 72 valence electrons. The number of aromatic nitrogens is 2. The number of rotatable bonds is 3. The quantitative estimate of drug-likeness (QED) is 0.779. The van der Waals surface area contributed by atoms with Crippen LogP contribution in [-0.2, 0) is 6.42 Å². The van der Waals surface area contributed by atoms with Crippen LogP contribution < -0.4 is 5.73 Å². The van der Waals surface area contributed by atoms with Crippen molar-refractivity contribution in [1.82, 2.24) is 15.1 Å². The minimum atomic E-state index is 0.580. The van der Waals surface area contributed by atoms with Gasteiger partial charge in [0, 0.05) is 13.0 Å². The third-order valence-corrected chi connectivity index (χ3v) is 3.14. The highest BCUT2D eigenvalue weighted by molar-refractivity contribution is 7.15. The third kappa shape index (κ3) is 2.38. The van der Waals surface area contributed by atoms with Crippen molar-refractivity contribution >= 4 is 16.5 Å². The lowest BCUT2D eigenvalue weighted by Gasteiger charge is -2.12. The molecule has 1 aromatic rings. The molecule has 4 nitrogen and oxygen atoms in total. The second-order valence-electron chi connectivity index (χ2n) is 3.33. The molecule has 5 heteroatoms. The van der Waals surface area contributed by atoms with Gasteiger partial charge >= 0.3 is 0 Å². The van der Waals surface area contributed by atoms with Crippen LogP contribution in [0.5, 0.6) is 0 Å². The number of anilines is 1. The van der Waals surface area contributed by atoms with E-state index in [-0.39, 0.29) is 0 Å². The van der Waals surface area contributed by atoms with Crippen LogP contribution in [-0.4, -0.2) is 34.7 Å². The summed E-state index contributed by atoms with van der Waals surface area (Å²) in [5.74, 6) is 0. The molecule has 0 unspecified atom stereocenters. The molecular weight excluding hydrogens is 184 g/mol. The van der Waals surface area contributed by atoms with Crippen molar-refractivity contribution in [3.05, 3.63) is 5.01 Å². The summed E-state index contributed by atoms with van der Waals surface area (Å²) in [6.07, 6.45) is 3.69. The van der Waals surface area contributed by atoms with E-state index in [4.69, 9.17) is 5.73 Å². The third-order valence-electron chi connectivity index (χ3n) is 2.32. The van der Waals surface area contributed by atoms with Gasteiger partial charge in [0.25, 0.3) is 0 Å². The molecule has 0 aliphatic carbocycles. The number of hydrogen-bond donors (Lipinski definition) is 1. The number of nitrogens with zero attached hydrogens (tertiary/aromatic N) is 3. The van der Waals surface area contributed by atoms with Crippen molar-refractivity contribution in [2.75, 3.05) is 25.4 Å². The first-order chi connectivity index (χ1) is 6.34. The monoisotopic (exact) mass is 198 g/mol. The Morgan fingerprint density at radius 1 is 1.31 bits per heavy atom. The van der Waals surface area contributed by atoms with E-state index in [0.717, 1.165) is 18.0 Å². The van der Waals surface area contributed by atoms with Crippen LogP contribution in [0, 0.1) is 0 Å². The Labute approximate surface area is 81.8 Å². The smallest absolute Gasteiger partial charge is 0.203 e. The molecule has 2 N–H and O–H groups in total. The zero-order chi connectivity index (χ0) is 9.10. The minimum absolute atomic E-state index is 0.580. The van der Waals surface area contributed by atoms with E-state index in [1.165, 1.54) is 37.3 Å². The molecule has 0 radical (unpaired) electrons. The number of nitrogen functional groups attached to an aromatic ring is 1. The van der Waals surface area contributed by atoms with Gasteiger partial charge < -0.3 is 10.6 Å². The van der Waals surface area contributed by atoms with Crippen LogP contribution in [0.25, 0.3) is 0 Å². The van der Waals surface area contributed by atoms with Crippen LogP contribution in [0.2, 0.25) is 0 Å². The molecular formula is C8H14N4S. The summed E-state index contributed by atoms with van der Waals surface area (Å²) in [4.78, 5) is 2.47. The summed E-state index contributed by atoms with van der Waals surface area (Å²) in [7, 11) is 0. The fourth-order valence-electron chi connectivity index (χ4n) is 1.63. The van der Waals surface area contributed by atoms with Crippen LogP contribution >= 0.6 is 11.3 Å². The SMILES string of the molecule is Nc1nnc(CCN2CCCC2)s1. The fraction of sp³-hybridized carbons (Fsp3) is 0.750. The van der Waals surface area contributed by atoms with Gasteiger partial charge in [-0.05, 0) is 25.9 Å². The van der Waals surface area contributed by atoms with Crippen molar-refractivity contribution in [3.63, 3.8) is 0 Å². The highest BCUT2D eigenvalue weighted by atomic mass is 32.1. The van der Waals surface area contributed by atoms with E-state index in [2.05, 4.69) is 15.1 Å². The molecule has 1 aliphatic rings. The lowest BCUT2D eigenvalue weighted by Crippen LogP contribution is -2.21. The minimum Gasteiger partial charge on any atom is -0.374 e. The normalized spacial score (nSPS) is 18.2. The predicted octanol–water partition coefficient (Wildman–Crippen LogP) is 0.759. The van der Waals surface area contributed by atoms with Gasteiger partial charge in [-0.1, -0.05) is 11.3 Å². The molecule has 0 aromatic carbocycles. The summed E-state index contributed by atoms with van der Waals surface area (Å²) in [5, 5.41) is 9.42. The standard InChI is InChI=1S/C8H14N4S/c9-8-11-10-7(13-8)3-6-12-4-1-2-5-12/h1-6H2,(H2,9,11). The Bertz CT molecular complexity index is 267. The van der Waals surface area contributed by atoms with E-state index in [1.54, 1.807) is 0 Å². The first-order valence-corrected chi connectivity index (χ1v) is 5.46. The van der Waals surface area contributed by atoms with Gasteiger partial charge in [0.15, 0.2) is 0 Å². The van der Waals surface area contributed by atoms with Gasteiger partial charge in [-0.15, -0.1) is 10.2 Å². The number of likely N-dealkylation sites (tertiary alicyclic amines) is 1. The number of hydrogen-bond acceptors (Lipinski definition) is 5. The van der Waals surface area contributed by atoms with Crippen LogP contribution in [0.1, 0.15) is 17.8 Å². The van der Waals surface area contributed by atoms with Crippen molar-refractivity contribution in [3.8, 4) is 0 Å². The lowest BCUT2D eigenvalue weighted by atomic mass is 10.4. The molecule has 0 amide bonds. The van der Waals surface area contributed by atoms with E-state index in [1.807, 2.05) is 0 Å². The second-order valence-corrected chi connectivity index (χ2v) is 4.43. The average molecular weight is 198 g/mol. The van der Waals surface area contributed by atoms with Gasteiger partial charge in [0.2, 0.25) is 5.13 Å². The van der Waals surface area contributed by atoms with Crippen molar-refractivity contribution in [1.29, 1.82) is 0 Å². The molecule has 13 heavy (non-hydrogen) atoms. The van der Waals surface area contributed by atoms with Gasteiger partial charge in [-0.3, -0.25) is 0 Å². The van der Waals surface area contributed by atoms with Gasteiger partial charge in [-0.25, -0.2) is 0 Å². The van der Waals surface area contributed by atoms with Crippen LogP contribution in [0.15, 0.2) is 0 Å². The molecule has 0 saturated carbocycles. The van der Waals surface area contributed by atoms with E-state index in [0.29, 0.717) is 5.13 Å². The summed E-state index contributed by atoms with van der Waals surface area (Å²) < 4.78 is 0. The zero-order valence-corrected chi connectivity index (χ0v) is 8.39. The lowest BCUT2D eigenvalue weighted by molar-refractivity contribution is 0.343. The van der Waals surface area contributed by atoms with Crippen molar-refractivity contribution in [2.45, 2.75) is 19.3 Å².